The maximum absolute atomic E-state index is 5.48. The number of rotatable bonds is 1. The van der Waals surface area contributed by atoms with Crippen LogP contribution in [0.15, 0.2) is 5.16 Å². The topological polar surface area (TPSA) is 49.2 Å². The molecule has 72 valence electrons. The van der Waals surface area contributed by atoms with E-state index >= 15 is 0 Å². The maximum Gasteiger partial charge on any atom is 0.187 e. The van der Waals surface area contributed by atoms with E-state index in [0.29, 0.717) is 25.0 Å². The lowest BCUT2D eigenvalue weighted by Gasteiger charge is -2.21. The fourth-order valence-electron chi connectivity index (χ4n) is 1.25. The van der Waals surface area contributed by atoms with Gasteiger partial charge in [0.1, 0.15) is 6.10 Å². The lowest BCUT2D eigenvalue weighted by atomic mass is 10.3. The van der Waals surface area contributed by atoms with E-state index in [-0.39, 0.29) is 6.10 Å². The third kappa shape index (κ3) is 1.70. The van der Waals surface area contributed by atoms with Crippen molar-refractivity contribution in [2.45, 2.75) is 11.3 Å². The van der Waals surface area contributed by atoms with Crippen LogP contribution in [0.4, 0.5) is 0 Å². The van der Waals surface area contributed by atoms with Crippen molar-refractivity contribution in [2.24, 2.45) is 7.05 Å². The number of ether oxygens (including phenoxy) is 2. The molecule has 0 spiro atoms. The summed E-state index contributed by atoms with van der Waals surface area (Å²) in [6.07, 6.45) is -0.104. The van der Waals surface area contributed by atoms with Gasteiger partial charge in [0.05, 0.1) is 19.8 Å². The fourth-order valence-corrected chi connectivity index (χ4v) is 1.40. The summed E-state index contributed by atoms with van der Waals surface area (Å²) in [6, 6.07) is 0. The molecular weight excluding hydrogens is 190 g/mol. The average molecular weight is 201 g/mol. The van der Waals surface area contributed by atoms with E-state index in [1.165, 1.54) is 0 Å². The van der Waals surface area contributed by atoms with E-state index in [1.807, 2.05) is 7.05 Å². The van der Waals surface area contributed by atoms with Crippen molar-refractivity contribution in [3.63, 3.8) is 0 Å². The van der Waals surface area contributed by atoms with Gasteiger partial charge < -0.3 is 14.0 Å². The first-order valence-corrected chi connectivity index (χ1v) is 4.51. The zero-order valence-electron chi connectivity index (χ0n) is 7.30. The molecule has 6 heteroatoms. The summed E-state index contributed by atoms with van der Waals surface area (Å²) < 4.78 is 12.5. The second-order valence-corrected chi connectivity index (χ2v) is 3.25. The van der Waals surface area contributed by atoms with E-state index in [4.69, 9.17) is 9.47 Å². The molecule has 1 aliphatic rings. The molecule has 1 aliphatic heterocycles. The van der Waals surface area contributed by atoms with Crippen LogP contribution in [0.2, 0.25) is 0 Å². The molecule has 1 aromatic rings. The molecule has 1 fully saturated rings. The summed E-state index contributed by atoms with van der Waals surface area (Å²) in [5, 5.41) is 8.39. The number of hydrogen-bond acceptors (Lipinski definition) is 5. The molecule has 5 nitrogen and oxygen atoms in total. The maximum atomic E-state index is 5.48. The Bertz CT molecular complexity index is 296. The van der Waals surface area contributed by atoms with Gasteiger partial charge >= 0.3 is 0 Å². The van der Waals surface area contributed by atoms with Crippen LogP contribution in [0.25, 0.3) is 0 Å². The smallest absolute Gasteiger partial charge is 0.187 e. The van der Waals surface area contributed by atoms with E-state index in [1.54, 1.807) is 4.57 Å². The highest BCUT2D eigenvalue weighted by molar-refractivity contribution is 7.80. The third-order valence-electron chi connectivity index (χ3n) is 1.99. The van der Waals surface area contributed by atoms with Crippen LogP contribution in [0.5, 0.6) is 0 Å². The minimum absolute atomic E-state index is 0.104. The molecule has 0 radical (unpaired) electrons. The quantitative estimate of drug-likeness (QED) is 0.659. The van der Waals surface area contributed by atoms with Gasteiger partial charge in [-0.2, -0.15) is 0 Å². The van der Waals surface area contributed by atoms with Crippen LogP contribution in [0.1, 0.15) is 11.9 Å². The summed E-state index contributed by atoms with van der Waals surface area (Å²) in [6.45, 7) is 1.81. The van der Waals surface area contributed by atoms with Crippen molar-refractivity contribution in [2.75, 3.05) is 19.8 Å². The zero-order valence-corrected chi connectivity index (χ0v) is 8.20. The second kappa shape index (κ2) is 3.65. The Morgan fingerprint density at radius 2 is 2.31 bits per heavy atom. The molecular formula is C7H11N3O2S. The predicted octanol–water partition coefficient (Wildman–Crippen LogP) is 0.192. The van der Waals surface area contributed by atoms with E-state index in [2.05, 4.69) is 22.8 Å². The first-order valence-electron chi connectivity index (χ1n) is 4.06. The van der Waals surface area contributed by atoms with E-state index in [9.17, 15) is 0 Å². The summed E-state index contributed by atoms with van der Waals surface area (Å²) >= 11 is 4.13. The van der Waals surface area contributed by atoms with Crippen LogP contribution in [-0.4, -0.2) is 34.6 Å². The fraction of sp³-hybridized carbons (Fsp3) is 0.714. The minimum atomic E-state index is -0.104. The molecule has 0 aliphatic carbocycles. The van der Waals surface area contributed by atoms with Gasteiger partial charge in [-0.15, -0.1) is 22.8 Å². The van der Waals surface area contributed by atoms with Gasteiger partial charge in [-0.25, -0.2) is 0 Å². The normalized spacial score (nSPS) is 23.4. The Labute approximate surface area is 81.5 Å². The van der Waals surface area contributed by atoms with Gasteiger partial charge in [0.15, 0.2) is 11.0 Å². The summed E-state index contributed by atoms with van der Waals surface area (Å²) in [4.78, 5) is 0. The number of nitrogens with zero attached hydrogens (tertiary/aromatic N) is 3. The first kappa shape index (κ1) is 8.98. The van der Waals surface area contributed by atoms with Crippen LogP contribution in [0, 0.1) is 0 Å². The molecule has 0 aromatic carbocycles. The standard InChI is InChI=1S/C7H11N3O2S/c1-10-6(8-9-7(10)13)5-4-11-2-3-12-5/h5H,2-4H2,1H3,(H,9,13). The molecule has 1 saturated heterocycles. The molecule has 2 rings (SSSR count). The van der Waals surface area contributed by atoms with Gasteiger partial charge in [-0.1, -0.05) is 0 Å². The number of hydrogen-bond donors (Lipinski definition) is 1. The molecule has 1 aromatic heterocycles. The Hall–Kier alpha value is -0.590. The lowest BCUT2D eigenvalue weighted by Crippen LogP contribution is -2.24. The van der Waals surface area contributed by atoms with Gasteiger partial charge in [-0.3, -0.25) is 0 Å². The molecule has 0 saturated carbocycles. The molecule has 2 heterocycles. The Balaban J connectivity index is 2.18. The van der Waals surface area contributed by atoms with Crippen molar-refractivity contribution in [1.29, 1.82) is 0 Å². The lowest BCUT2D eigenvalue weighted by molar-refractivity contribution is -0.0946. The van der Waals surface area contributed by atoms with Crippen molar-refractivity contribution in [3.05, 3.63) is 5.82 Å². The Kier molecular flexibility index (Phi) is 2.52. The van der Waals surface area contributed by atoms with Crippen LogP contribution < -0.4 is 0 Å². The molecule has 1 unspecified atom stereocenters. The van der Waals surface area contributed by atoms with Gasteiger partial charge in [0.25, 0.3) is 0 Å². The minimum Gasteiger partial charge on any atom is -0.376 e. The summed E-state index contributed by atoms with van der Waals surface area (Å²) in [7, 11) is 1.86. The Morgan fingerprint density at radius 3 is 2.85 bits per heavy atom. The highest BCUT2D eigenvalue weighted by Gasteiger charge is 2.22. The summed E-state index contributed by atoms with van der Waals surface area (Å²) in [5.41, 5.74) is 0. The highest BCUT2D eigenvalue weighted by Crippen LogP contribution is 2.19. The monoisotopic (exact) mass is 201 g/mol. The van der Waals surface area contributed by atoms with E-state index in [0.717, 1.165) is 5.82 Å². The number of aromatic nitrogens is 3. The molecule has 0 N–H and O–H groups in total. The zero-order chi connectivity index (χ0) is 9.26. The largest absolute Gasteiger partial charge is 0.376 e. The molecule has 13 heavy (non-hydrogen) atoms. The number of thiol groups is 1. The average Bonchev–Trinajstić information content (AvgIpc) is 2.49. The third-order valence-corrected chi connectivity index (χ3v) is 2.38. The van der Waals surface area contributed by atoms with Crippen LogP contribution in [0.3, 0.4) is 0 Å². The second-order valence-electron chi connectivity index (χ2n) is 2.85. The predicted molar refractivity (Wildman–Crippen MR) is 47.8 cm³/mol. The van der Waals surface area contributed by atoms with Crippen molar-refractivity contribution in [1.82, 2.24) is 14.8 Å². The van der Waals surface area contributed by atoms with Crippen molar-refractivity contribution < 1.29 is 9.47 Å². The van der Waals surface area contributed by atoms with Gasteiger partial charge in [0.2, 0.25) is 0 Å². The Morgan fingerprint density at radius 1 is 1.46 bits per heavy atom. The van der Waals surface area contributed by atoms with Gasteiger partial charge in [0, 0.05) is 7.05 Å². The first-order chi connectivity index (χ1) is 6.29. The van der Waals surface area contributed by atoms with Gasteiger partial charge in [-0.05, 0) is 0 Å². The highest BCUT2D eigenvalue weighted by atomic mass is 32.1. The molecule has 0 bridgehead atoms. The molecule has 1 atom stereocenters. The SMILES string of the molecule is Cn1c(S)nnc1C1COCCO1. The van der Waals surface area contributed by atoms with Crippen LogP contribution >= 0.6 is 12.6 Å². The molecule has 0 amide bonds. The van der Waals surface area contributed by atoms with Crippen molar-refractivity contribution in [3.8, 4) is 0 Å². The van der Waals surface area contributed by atoms with Crippen LogP contribution in [-0.2, 0) is 16.5 Å². The van der Waals surface area contributed by atoms with E-state index < -0.39 is 0 Å². The van der Waals surface area contributed by atoms with Crippen molar-refractivity contribution >= 4 is 12.6 Å². The summed E-state index contributed by atoms with van der Waals surface area (Å²) in [5.74, 6) is 0.768.